The molecule has 2 heterocycles. The summed E-state index contributed by atoms with van der Waals surface area (Å²) in [7, 11) is 0. The summed E-state index contributed by atoms with van der Waals surface area (Å²) in [5, 5.41) is 0. The summed E-state index contributed by atoms with van der Waals surface area (Å²) in [5.74, 6) is 0. The van der Waals surface area contributed by atoms with E-state index in [1.165, 1.54) is 11.3 Å². The smallest absolute Gasteiger partial charge is 0.196 e. The molecule has 1 N–H and O–H groups in total. The number of rotatable bonds is 2. The van der Waals surface area contributed by atoms with E-state index in [9.17, 15) is 4.21 Å². The van der Waals surface area contributed by atoms with Gasteiger partial charge in [0.05, 0.1) is 10.6 Å². The molecule has 2 aromatic heterocycles. The van der Waals surface area contributed by atoms with Crippen LogP contribution >= 0.6 is 11.3 Å². The van der Waals surface area contributed by atoms with Crippen LogP contribution in [0.4, 0.5) is 0 Å². The van der Waals surface area contributed by atoms with E-state index in [4.69, 9.17) is 4.55 Å². The molecule has 0 aliphatic heterocycles. The molecule has 0 aromatic carbocycles. The maximum atomic E-state index is 10.7. The van der Waals surface area contributed by atoms with Gasteiger partial charge in [-0.05, 0) is 24.3 Å². The molecule has 14 heavy (non-hydrogen) atoms. The molecule has 2 rings (SSSR count). The van der Waals surface area contributed by atoms with E-state index < -0.39 is 11.1 Å². The van der Waals surface area contributed by atoms with E-state index >= 15 is 0 Å². The van der Waals surface area contributed by atoms with Crippen LogP contribution in [0.25, 0.3) is 10.6 Å². The van der Waals surface area contributed by atoms with Crippen LogP contribution in [0.15, 0.2) is 40.7 Å². The van der Waals surface area contributed by atoms with Crippen LogP contribution in [-0.4, -0.2) is 13.7 Å². The molecule has 0 fully saturated rings. The summed E-state index contributed by atoms with van der Waals surface area (Å²) in [4.78, 5) is 5.06. The molecular weight excluding hydrogens is 218 g/mol. The van der Waals surface area contributed by atoms with Gasteiger partial charge >= 0.3 is 0 Å². The third-order valence-electron chi connectivity index (χ3n) is 1.67. The Morgan fingerprint density at radius 3 is 2.71 bits per heavy atom. The molecule has 1 unspecified atom stereocenters. The summed E-state index contributed by atoms with van der Waals surface area (Å²) < 4.78 is 20.0. The largest absolute Gasteiger partial charge is 0.302 e. The van der Waals surface area contributed by atoms with Gasteiger partial charge in [-0.15, -0.1) is 11.3 Å². The zero-order valence-electron chi connectivity index (χ0n) is 7.08. The van der Waals surface area contributed by atoms with Crippen molar-refractivity contribution in [3.05, 3.63) is 36.5 Å². The van der Waals surface area contributed by atoms with Crippen molar-refractivity contribution >= 4 is 22.4 Å². The van der Waals surface area contributed by atoms with Crippen molar-refractivity contribution in [3.63, 3.8) is 0 Å². The third-order valence-corrected chi connectivity index (χ3v) is 3.73. The third kappa shape index (κ3) is 1.89. The van der Waals surface area contributed by atoms with Crippen molar-refractivity contribution in [1.29, 1.82) is 0 Å². The molecule has 0 aliphatic carbocycles. The van der Waals surface area contributed by atoms with Gasteiger partial charge in [0.2, 0.25) is 0 Å². The maximum absolute atomic E-state index is 10.7. The Labute approximate surface area is 87.7 Å². The molecule has 0 radical (unpaired) electrons. The molecule has 5 heteroatoms. The standard InChI is InChI=1S/C9H7NO2S2/c11-14(12)9-5-4-8(13-9)7-3-1-2-6-10-7/h1-6H,(H,11,12). The lowest BCUT2D eigenvalue weighted by molar-refractivity contribution is 0.566. The second-order valence-electron chi connectivity index (χ2n) is 2.58. The summed E-state index contributed by atoms with van der Waals surface area (Å²) in [5.41, 5.74) is 0.828. The quantitative estimate of drug-likeness (QED) is 0.798. The fourth-order valence-corrected chi connectivity index (χ4v) is 2.51. The summed E-state index contributed by atoms with van der Waals surface area (Å²) in [6.07, 6.45) is 1.70. The molecule has 2 aromatic rings. The Balaban J connectivity index is 2.39. The van der Waals surface area contributed by atoms with E-state index in [1.54, 1.807) is 18.3 Å². The number of hydrogen-bond donors (Lipinski definition) is 1. The maximum Gasteiger partial charge on any atom is 0.196 e. The minimum Gasteiger partial charge on any atom is -0.302 e. The molecule has 0 spiro atoms. The van der Waals surface area contributed by atoms with Gasteiger partial charge in [0, 0.05) is 6.20 Å². The minimum atomic E-state index is -1.89. The van der Waals surface area contributed by atoms with Gasteiger partial charge in [-0.2, -0.15) is 0 Å². The zero-order chi connectivity index (χ0) is 9.97. The molecule has 0 aliphatic rings. The van der Waals surface area contributed by atoms with Crippen molar-refractivity contribution in [3.8, 4) is 10.6 Å². The van der Waals surface area contributed by atoms with Crippen molar-refractivity contribution in [2.75, 3.05) is 0 Å². The highest BCUT2D eigenvalue weighted by atomic mass is 32.2. The van der Waals surface area contributed by atoms with Crippen molar-refractivity contribution in [2.45, 2.75) is 4.21 Å². The van der Waals surface area contributed by atoms with E-state index in [0.29, 0.717) is 4.21 Å². The number of aromatic nitrogens is 1. The molecule has 72 valence electrons. The molecule has 0 saturated heterocycles. The first kappa shape index (κ1) is 9.51. The van der Waals surface area contributed by atoms with E-state index in [-0.39, 0.29) is 0 Å². The molecule has 0 bridgehead atoms. The lowest BCUT2D eigenvalue weighted by atomic mass is 10.3. The number of hydrogen-bond acceptors (Lipinski definition) is 3. The number of pyridine rings is 1. The van der Waals surface area contributed by atoms with Gasteiger partial charge < -0.3 is 4.55 Å². The fourth-order valence-electron chi connectivity index (χ4n) is 1.06. The van der Waals surface area contributed by atoms with Crippen LogP contribution in [0.1, 0.15) is 0 Å². The summed E-state index contributed by atoms with van der Waals surface area (Å²) in [6, 6.07) is 9.04. The van der Waals surface area contributed by atoms with Crippen LogP contribution < -0.4 is 0 Å². The monoisotopic (exact) mass is 225 g/mol. The predicted molar refractivity (Wildman–Crippen MR) is 56.6 cm³/mol. The van der Waals surface area contributed by atoms with Gasteiger partial charge in [0.25, 0.3) is 0 Å². The lowest BCUT2D eigenvalue weighted by Gasteiger charge is -1.92. The van der Waals surface area contributed by atoms with E-state index in [0.717, 1.165) is 10.6 Å². The van der Waals surface area contributed by atoms with Gasteiger partial charge in [0.1, 0.15) is 4.21 Å². The first-order valence-corrected chi connectivity index (χ1v) is 5.82. The van der Waals surface area contributed by atoms with Crippen LogP contribution in [-0.2, 0) is 11.1 Å². The van der Waals surface area contributed by atoms with Crippen LogP contribution in [0.2, 0.25) is 0 Å². The SMILES string of the molecule is O=S(O)c1ccc(-c2ccccn2)s1. The average Bonchev–Trinajstić information content (AvgIpc) is 2.68. The lowest BCUT2D eigenvalue weighted by Crippen LogP contribution is -1.80. The van der Waals surface area contributed by atoms with Gasteiger partial charge in [-0.3, -0.25) is 4.98 Å². The molecule has 3 nitrogen and oxygen atoms in total. The van der Waals surface area contributed by atoms with Gasteiger partial charge in [0.15, 0.2) is 11.1 Å². The topological polar surface area (TPSA) is 50.2 Å². The van der Waals surface area contributed by atoms with Crippen LogP contribution in [0.5, 0.6) is 0 Å². The van der Waals surface area contributed by atoms with Crippen LogP contribution in [0, 0.1) is 0 Å². The van der Waals surface area contributed by atoms with Gasteiger partial charge in [-0.1, -0.05) is 6.07 Å². The van der Waals surface area contributed by atoms with Gasteiger partial charge in [-0.25, -0.2) is 4.21 Å². The molecule has 1 atom stereocenters. The van der Waals surface area contributed by atoms with Crippen molar-refractivity contribution in [2.24, 2.45) is 0 Å². The Kier molecular flexibility index (Phi) is 2.72. The molecule has 0 saturated carbocycles. The summed E-state index contributed by atoms with van der Waals surface area (Å²) >= 11 is -0.610. The molecular formula is C9H7NO2S2. The highest BCUT2D eigenvalue weighted by Gasteiger charge is 2.06. The Morgan fingerprint density at radius 2 is 2.14 bits per heavy atom. The fraction of sp³-hybridized carbons (Fsp3) is 0. The Morgan fingerprint density at radius 1 is 1.29 bits per heavy atom. The Hall–Kier alpha value is -1.04. The minimum absolute atomic E-state index is 0.450. The first-order valence-electron chi connectivity index (χ1n) is 3.89. The summed E-state index contributed by atoms with van der Waals surface area (Å²) in [6.45, 7) is 0. The van der Waals surface area contributed by atoms with Crippen LogP contribution in [0.3, 0.4) is 0 Å². The highest BCUT2D eigenvalue weighted by molar-refractivity contribution is 7.81. The molecule has 0 amide bonds. The zero-order valence-corrected chi connectivity index (χ0v) is 8.72. The van der Waals surface area contributed by atoms with Crippen molar-refractivity contribution in [1.82, 2.24) is 4.98 Å². The second kappa shape index (κ2) is 4.00. The Bertz CT molecular complexity index is 453. The normalized spacial score (nSPS) is 12.6. The number of thiophene rings is 1. The predicted octanol–water partition coefficient (Wildman–Crippen LogP) is 2.39. The highest BCUT2D eigenvalue weighted by Crippen LogP contribution is 2.27. The average molecular weight is 225 g/mol. The van der Waals surface area contributed by atoms with E-state index in [1.807, 2.05) is 18.2 Å². The second-order valence-corrected chi connectivity index (χ2v) is 4.86. The first-order chi connectivity index (χ1) is 6.77. The van der Waals surface area contributed by atoms with Crippen molar-refractivity contribution < 1.29 is 8.76 Å². The van der Waals surface area contributed by atoms with E-state index in [2.05, 4.69) is 4.98 Å². The number of nitrogens with zero attached hydrogens (tertiary/aromatic N) is 1.